The van der Waals surface area contributed by atoms with Crippen molar-refractivity contribution in [3.63, 3.8) is 0 Å². The van der Waals surface area contributed by atoms with Crippen molar-refractivity contribution in [2.24, 2.45) is 0 Å². The minimum atomic E-state index is -0.543. The maximum absolute atomic E-state index is 15.6. The molecule has 1 amide bonds. The molecule has 1 aromatic carbocycles. The lowest BCUT2D eigenvalue weighted by molar-refractivity contribution is -0.129. The van der Waals surface area contributed by atoms with Crippen LogP contribution in [0, 0.1) is 12.7 Å². The smallest absolute Gasteiger partial charge is 0.229 e. The maximum Gasteiger partial charge on any atom is 0.229 e. The number of fused-ring (bicyclic) bond motifs is 1. The quantitative estimate of drug-likeness (QED) is 0.649. The molecule has 0 fully saturated rings. The number of anilines is 3. The molecule has 3 heterocycles. The molecule has 4 rings (SSSR count). The molecule has 1 aliphatic rings. The Bertz CT molecular complexity index is 1140. The third-order valence-corrected chi connectivity index (χ3v) is 5.19. The van der Waals surface area contributed by atoms with Crippen LogP contribution in [0.4, 0.5) is 21.8 Å². The number of hydrogen-bond acceptors (Lipinski definition) is 7. The van der Waals surface area contributed by atoms with E-state index in [1.54, 1.807) is 43.3 Å². The summed E-state index contributed by atoms with van der Waals surface area (Å²) < 4.78 is 22.5. The molecule has 0 saturated carbocycles. The van der Waals surface area contributed by atoms with Crippen molar-refractivity contribution in [1.29, 1.82) is 0 Å². The van der Waals surface area contributed by atoms with Crippen LogP contribution in [0.25, 0.3) is 5.69 Å². The number of aromatic nitrogens is 4. The first kappa shape index (κ1) is 20.6. The number of nitrogens with one attached hydrogen (secondary N) is 2. The standard InChI is InChI=1S/C21H24FN7O2/c1-12-9-18(23-3)26-21(24-12)25-16-5-6-17(31-4)20(19(16)22)29-11-14-10-28(13(2)30)8-7-15(14)27-29/h5-6,9,11H,7-8,10H2,1-4H3,(H2,23,24,25,26). The number of rotatable bonds is 5. The van der Waals surface area contributed by atoms with Gasteiger partial charge in [-0.25, -0.2) is 14.1 Å². The highest BCUT2D eigenvalue weighted by atomic mass is 19.1. The highest BCUT2D eigenvalue weighted by Crippen LogP contribution is 2.33. The Labute approximate surface area is 179 Å². The summed E-state index contributed by atoms with van der Waals surface area (Å²) in [6.07, 6.45) is 2.37. The molecule has 0 spiro atoms. The van der Waals surface area contributed by atoms with Crippen molar-refractivity contribution in [1.82, 2.24) is 24.6 Å². The first-order valence-corrected chi connectivity index (χ1v) is 9.90. The predicted molar refractivity (Wildman–Crippen MR) is 114 cm³/mol. The Morgan fingerprint density at radius 2 is 2.10 bits per heavy atom. The van der Waals surface area contributed by atoms with Gasteiger partial charge in [-0.1, -0.05) is 0 Å². The van der Waals surface area contributed by atoms with Crippen LogP contribution in [-0.4, -0.2) is 51.3 Å². The molecule has 2 aromatic heterocycles. The molecular weight excluding hydrogens is 401 g/mol. The van der Waals surface area contributed by atoms with Crippen LogP contribution in [0.1, 0.15) is 23.9 Å². The Morgan fingerprint density at radius 3 is 2.81 bits per heavy atom. The van der Waals surface area contributed by atoms with Gasteiger partial charge in [0.1, 0.15) is 17.3 Å². The summed E-state index contributed by atoms with van der Waals surface area (Å²) >= 11 is 0. The van der Waals surface area contributed by atoms with Crippen molar-refractivity contribution in [3.05, 3.63) is 47.2 Å². The van der Waals surface area contributed by atoms with E-state index in [9.17, 15) is 4.79 Å². The van der Waals surface area contributed by atoms with Crippen LogP contribution in [0.5, 0.6) is 5.75 Å². The van der Waals surface area contributed by atoms with Crippen molar-refractivity contribution in [2.75, 3.05) is 31.3 Å². The summed E-state index contributed by atoms with van der Waals surface area (Å²) in [5.41, 5.74) is 2.85. The van der Waals surface area contributed by atoms with Gasteiger partial charge in [0.25, 0.3) is 0 Å². The van der Waals surface area contributed by atoms with Gasteiger partial charge in [0.2, 0.25) is 11.9 Å². The van der Waals surface area contributed by atoms with Crippen LogP contribution >= 0.6 is 0 Å². The highest BCUT2D eigenvalue weighted by molar-refractivity contribution is 5.73. The number of hydrogen-bond donors (Lipinski definition) is 2. The van der Waals surface area contributed by atoms with Crippen molar-refractivity contribution in [2.45, 2.75) is 26.8 Å². The summed E-state index contributed by atoms with van der Waals surface area (Å²) in [7, 11) is 3.24. The third kappa shape index (κ3) is 4.00. The van der Waals surface area contributed by atoms with E-state index in [0.717, 1.165) is 17.0 Å². The Morgan fingerprint density at radius 1 is 1.29 bits per heavy atom. The van der Waals surface area contributed by atoms with E-state index in [0.29, 0.717) is 31.1 Å². The van der Waals surface area contributed by atoms with E-state index < -0.39 is 5.82 Å². The predicted octanol–water partition coefficient (Wildman–Crippen LogP) is 2.81. The topological polar surface area (TPSA) is 97.2 Å². The molecule has 162 valence electrons. The van der Waals surface area contributed by atoms with Gasteiger partial charge in [-0.3, -0.25) is 4.79 Å². The summed E-state index contributed by atoms with van der Waals surface area (Å²) in [5.74, 6) is 0.703. The molecule has 10 heteroatoms. The molecule has 9 nitrogen and oxygen atoms in total. The number of halogens is 1. The van der Waals surface area contributed by atoms with Gasteiger partial charge in [0.15, 0.2) is 5.82 Å². The number of aryl methyl sites for hydroxylation is 1. The second-order valence-electron chi connectivity index (χ2n) is 7.31. The largest absolute Gasteiger partial charge is 0.494 e. The van der Waals surface area contributed by atoms with E-state index in [4.69, 9.17) is 4.74 Å². The van der Waals surface area contributed by atoms with Gasteiger partial charge in [-0.2, -0.15) is 10.1 Å². The van der Waals surface area contributed by atoms with Gasteiger partial charge in [-0.15, -0.1) is 0 Å². The first-order chi connectivity index (χ1) is 14.9. The van der Waals surface area contributed by atoms with E-state index in [1.165, 1.54) is 11.8 Å². The fraction of sp³-hybridized carbons (Fsp3) is 0.333. The second-order valence-corrected chi connectivity index (χ2v) is 7.31. The van der Waals surface area contributed by atoms with Gasteiger partial charge in [-0.05, 0) is 19.1 Å². The van der Waals surface area contributed by atoms with Crippen molar-refractivity contribution < 1.29 is 13.9 Å². The number of benzene rings is 1. The molecule has 1 aliphatic heterocycles. The zero-order valence-electron chi connectivity index (χ0n) is 17.9. The van der Waals surface area contributed by atoms with Gasteiger partial charge in [0.05, 0.1) is 18.5 Å². The van der Waals surface area contributed by atoms with E-state index in [1.807, 2.05) is 6.92 Å². The molecule has 0 bridgehead atoms. The molecule has 0 unspecified atom stereocenters. The Balaban J connectivity index is 1.72. The Kier molecular flexibility index (Phi) is 5.45. The van der Waals surface area contributed by atoms with E-state index in [-0.39, 0.29) is 23.2 Å². The summed E-state index contributed by atoms with van der Waals surface area (Å²) in [5, 5.41) is 10.5. The van der Waals surface area contributed by atoms with Crippen LogP contribution in [0.15, 0.2) is 24.4 Å². The molecule has 31 heavy (non-hydrogen) atoms. The van der Waals surface area contributed by atoms with Crippen LogP contribution in [0.2, 0.25) is 0 Å². The number of carbonyl (C=O) groups excluding carboxylic acids is 1. The van der Waals surface area contributed by atoms with Crippen molar-refractivity contribution in [3.8, 4) is 11.4 Å². The molecule has 0 radical (unpaired) electrons. The molecule has 0 atom stereocenters. The lowest BCUT2D eigenvalue weighted by Crippen LogP contribution is -2.33. The van der Waals surface area contributed by atoms with E-state index in [2.05, 4.69) is 25.7 Å². The molecule has 0 aliphatic carbocycles. The zero-order chi connectivity index (χ0) is 22.1. The summed E-state index contributed by atoms with van der Waals surface area (Å²) in [6, 6.07) is 5.03. The van der Waals surface area contributed by atoms with Crippen LogP contribution < -0.4 is 15.4 Å². The second kappa shape index (κ2) is 8.21. The molecular formula is C21H24FN7O2. The third-order valence-electron chi connectivity index (χ3n) is 5.19. The van der Waals surface area contributed by atoms with Gasteiger partial charge >= 0.3 is 0 Å². The average Bonchev–Trinajstić information content (AvgIpc) is 3.17. The first-order valence-electron chi connectivity index (χ1n) is 9.90. The van der Waals surface area contributed by atoms with Crippen LogP contribution in [0.3, 0.4) is 0 Å². The average molecular weight is 425 g/mol. The number of methoxy groups -OCH3 is 1. The minimum Gasteiger partial charge on any atom is -0.494 e. The fourth-order valence-corrected chi connectivity index (χ4v) is 3.59. The van der Waals surface area contributed by atoms with Gasteiger partial charge in [0, 0.05) is 57.0 Å². The van der Waals surface area contributed by atoms with E-state index >= 15 is 4.39 Å². The lowest BCUT2D eigenvalue weighted by Gasteiger charge is -2.24. The highest BCUT2D eigenvalue weighted by Gasteiger charge is 2.24. The SMILES string of the molecule is CNc1cc(C)nc(Nc2ccc(OC)c(-n3cc4c(n3)CCN(C(C)=O)C4)c2F)n1. The summed E-state index contributed by atoms with van der Waals surface area (Å²) in [6.45, 7) is 4.43. The number of amides is 1. The monoisotopic (exact) mass is 425 g/mol. The molecule has 2 N–H and O–H groups in total. The maximum atomic E-state index is 15.6. The number of nitrogens with zero attached hydrogens (tertiary/aromatic N) is 5. The summed E-state index contributed by atoms with van der Waals surface area (Å²) in [4.78, 5) is 22.1. The minimum absolute atomic E-state index is 0.00690. The fourth-order valence-electron chi connectivity index (χ4n) is 3.59. The molecule has 0 saturated heterocycles. The number of ether oxygens (including phenoxy) is 1. The lowest BCUT2D eigenvalue weighted by atomic mass is 10.1. The Hall–Kier alpha value is -3.69. The zero-order valence-corrected chi connectivity index (χ0v) is 17.9. The normalized spacial score (nSPS) is 13.0. The van der Waals surface area contributed by atoms with Crippen LogP contribution in [-0.2, 0) is 17.8 Å². The number of carbonyl (C=O) groups is 1. The van der Waals surface area contributed by atoms with Gasteiger partial charge < -0.3 is 20.3 Å². The molecule has 3 aromatic rings. The van der Waals surface area contributed by atoms with Crippen molar-refractivity contribution >= 4 is 23.4 Å².